The summed E-state index contributed by atoms with van der Waals surface area (Å²) in [4.78, 5) is 12.2. The highest BCUT2D eigenvalue weighted by atomic mass is 16.2. The Bertz CT molecular complexity index is 434. The maximum atomic E-state index is 12.2. The third kappa shape index (κ3) is 6.76. The second kappa shape index (κ2) is 7.60. The molecule has 21 heavy (non-hydrogen) atoms. The van der Waals surface area contributed by atoms with E-state index in [9.17, 15) is 4.79 Å². The molecule has 2 atom stereocenters. The average Bonchev–Trinajstić information content (AvgIpc) is 2.36. The van der Waals surface area contributed by atoms with Gasteiger partial charge in [-0.1, -0.05) is 44.2 Å². The molecule has 0 fully saturated rings. The molecule has 2 unspecified atom stereocenters. The lowest BCUT2D eigenvalue weighted by Crippen LogP contribution is -2.50. The maximum absolute atomic E-state index is 12.2. The van der Waals surface area contributed by atoms with Crippen molar-refractivity contribution in [2.45, 2.75) is 65.6 Å². The zero-order chi connectivity index (χ0) is 16.0. The van der Waals surface area contributed by atoms with E-state index in [2.05, 4.69) is 36.6 Å². The van der Waals surface area contributed by atoms with Crippen molar-refractivity contribution in [1.82, 2.24) is 10.6 Å². The monoisotopic (exact) mass is 290 g/mol. The molecule has 0 saturated heterocycles. The number of hydrogen-bond acceptors (Lipinski definition) is 2. The number of benzene rings is 1. The first-order valence-corrected chi connectivity index (χ1v) is 7.82. The molecule has 0 radical (unpaired) electrons. The van der Waals surface area contributed by atoms with Crippen LogP contribution in [0.1, 0.15) is 59.6 Å². The number of nitrogens with one attached hydrogen (secondary N) is 2. The first-order valence-electron chi connectivity index (χ1n) is 7.82. The number of rotatable bonds is 6. The molecule has 0 heterocycles. The minimum Gasteiger partial charge on any atom is -0.350 e. The van der Waals surface area contributed by atoms with Gasteiger partial charge in [0.05, 0.1) is 6.04 Å². The van der Waals surface area contributed by atoms with Gasteiger partial charge in [-0.3, -0.25) is 10.1 Å². The lowest BCUT2D eigenvalue weighted by molar-refractivity contribution is -0.124. The van der Waals surface area contributed by atoms with Crippen molar-refractivity contribution in [3.05, 3.63) is 35.9 Å². The fraction of sp³-hybridized carbons (Fsp3) is 0.611. The van der Waals surface area contributed by atoms with Crippen LogP contribution in [0.4, 0.5) is 0 Å². The zero-order valence-electron chi connectivity index (χ0n) is 14.2. The molecule has 1 aromatic carbocycles. The second-order valence-corrected chi connectivity index (χ2v) is 7.22. The van der Waals surface area contributed by atoms with Crippen LogP contribution in [0.15, 0.2) is 30.3 Å². The fourth-order valence-corrected chi connectivity index (χ4v) is 2.31. The molecule has 3 nitrogen and oxygen atoms in total. The third-order valence-electron chi connectivity index (χ3n) is 3.25. The molecule has 118 valence electrons. The number of hydrogen-bond donors (Lipinski definition) is 2. The zero-order valence-corrected chi connectivity index (χ0v) is 14.2. The Labute approximate surface area is 129 Å². The lowest BCUT2D eigenvalue weighted by Gasteiger charge is -2.28. The smallest absolute Gasteiger partial charge is 0.237 e. The molecule has 0 aliphatic carbocycles. The predicted octanol–water partition coefficient (Wildman–Crippen LogP) is 3.67. The van der Waals surface area contributed by atoms with Crippen LogP contribution < -0.4 is 10.6 Å². The average molecular weight is 290 g/mol. The molecule has 1 aromatic rings. The number of carbonyl (C=O) groups is 1. The van der Waals surface area contributed by atoms with Gasteiger partial charge in [0, 0.05) is 11.6 Å². The molecule has 0 spiro atoms. The SMILES string of the molecule is CC(C)CC(NC(C)C(=O)NC(C)(C)C)c1ccccc1. The molecule has 0 aliphatic rings. The van der Waals surface area contributed by atoms with Crippen molar-refractivity contribution in [1.29, 1.82) is 0 Å². The van der Waals surface area contributed by atoms with Gasteiger partial charge in [-0.25, -0.2) is 0 Å². The van der Waals surface area contributed by atoms with E-state index in [-0.39, 0.29) is 23.5 Å². The van der Waals surface area contributed by atoms with E-state index < -0.39 is 0 Å². The van der Waals surface area contributed by atoms with Gasteiger partial charge in [0.2, 0.25) is 5.91 Å². The van der Waals surface area contributed by atoms with Gasteiger partial charge in [0.25, 0.3) is 0 Å². The van der Waals surface area contributed by atoms with Crippen molar-refractivity contribution in [2.24, 2.45) is 5.92 Å². The fourth-order valence-electron chi connectivity index (χ4n) is 2.31. The lowest BCUT2D eigenvalue weighted by atomic mass is 9.96. The van der Waals surface area contributed by atoms with Crippen LogP contribution in [0.5, 0.6) is 0 Å². The van der Waals surface area contributed by atoms with E-state index in [4.69, 9.17) is 0 Å². The van der Waals surface area contributed by atoms with Crippen molar-refractivity contribution >= 4 is 5.91 Å². The van der Waals surface area contributed by atoms with E-state index in [1.807, 2.05) is 45.9 Å². The highest BCUT2D eigenvalue weighted by Crippen LogP contribution is 2.21. The summed E-state index contributed by atoms with van der Waals surface area (Å²) in [5.41, 5.74) is 1.04. The summed E-state index contributed by atoms with van der Waals surface area (Å²) in [6.45, 7) is 12.3. The van der Waals surface area contributed by atoms with Crippen LogP contribution in [0.2, 0.25) is 0 Å². The van der Waals surface area contributed by atoms with Gasteiger partial charge in [-0.15, -0.1) is 0 Å². The number of carbonyl (C=O) groups excluding carboxylic acids is 1. The first-order chi connectivity index (χ1) is 9.69. The molecule has 0 saturated carbocycles. The highest BCUT2D eigenvalue weighted by molar-refractivity contribution is 5.82. The van der Waals surface area contributed by atoms with E-state index in [0.717, 1.165) is 6.42 Å². The van der Waals surface area contributed by atoms with E-state index in [1.54, 1.807) is 0 Å². The standard InChI is InChI=1S/C18H30N2O/c1-13(2)12-16(15-10-8-7-9-11-15)19-14(3)17(21)20-18(4,5)6/h7-11,13-14,16,19H,12H2,1-6H3,(H,20,21). The summed E-state index contributed by atoms with van der Waals surface area (Å²) < 4.78 is 0. The molecule has 0 aliphatic heterocycles. The summed E-state index contributed by atoms with van der Waals surface area (Å²) in [5, 5.41) is 6.50. The minimum absolute atomic E-state index is 0.0483. The predicted molar refractivity (Wildman–Crippen MR) is 89.1 cm³/mol. The molecule has 3 heteroatoms. The summed E-state index contributed by atoms with van der Waals surface area (Å²) in [6.07, 6.45) is 1.01. The summed E-state index contributed by atoms with van der Waals surface area (Å²) in [5.74, 6) is 0.618. The number of amides is 1. The molecule has 1 rings (SSSR count). The molecule has 2 N–H and O–H groups in total. The Morgan fingerprint density at radius 1 is 1.10 bits per heavy atom. The van der Waals surface area contributed by atoms with E-state index in [0.29, 0.717) is 5.92 Å². The Morgan fingerprint density at radius 2 is 1.67 bits per heavy atom. The molecular weight excluding hydrogens is 260 g/mol. The Kier molecular flexibility index (Phi) is 6.41. The quantitative estimate of drug-likeness (QED) is 0.839. The van der Waals surface area contributed by atoms with Crippen LogP contribution in [-0.4, -0.2) is 17.5 Å². The summed E-state index contributed by atoms with van der Waals surface area (Å²) >= 11 is 0. The summed E-state index contributed by atoms with van der Waals surface area (Å²) in [7, 11) is 0. The molecule has 0 bridgehead atoms. The minimum atomic E-state index is -0.215. The van der Waals surface area contributed by atoms with Gasteiger partial charge in [-0.05, 0) is 45.6 Å². The topological polar surface area (TPSA) is 41.1 Å². The Balaban J connectivity index is 2.75. The first kappa shape index (κ1) is 17.7. The van der Waals surface area contributed by atoms with Crippen molar-refractivity contribution in [3.63, 3.8) is 0 Å². The van der Waals surface area contributed by atoms with Gasteiger partial charge in [0.15, 0.2) is 0 Å². The van der Waals surface area contributed by atoms with E-state index >= 15 is 0 Å². The van der Waals surface area contributed by atoms with E-state index in [1.165, 1.54) is 5.56 Å². The highest BCUT2D eigenvalue weighted by Gasteiger charge is 2.22. The largest absolute Gasteiger partial charge is 0.350 e. The summed E-state index contributed by atoms with van der Waals surface area (Å²) in [6, 6.07) is 10.3. The van der Waals surface area contributed by atoms with Gasteiger partial charge in [-0.2, -0.15) is 0 Å². The maximum Gasteiger partial charge on any atom is 0.237 e. The van der Waals surface area contributed by atoms with Crippen LogP contribution in [0.25, 0.3) is 0 Å². The Hall–Kier alpha value is -1.35. The molecule has 0 aromatic heterocycles. The second-order valence-electron chi connectivity index (χ2n) is 7.22. The van der Waals surface area contributed by atoms with Gasteiger partial charge in [0.1, 0.15) is 0 Å². The third-order valence-corrected chi connectivity index (χ3v) is 3.25. The van der Waals surface area contributed by atoms with Crippen LogP contribution in [0, 0.1) is 5.92 Å². The normalized spacial score (nSPS) is 14.8. The van der Waals surface area contributed by atoms with Gasteiger partial charge >= 0.3 is 0 Å². The molecule has 1 amide bonds. The van der Waals surface area contributed by atoms with Gasteiger partial charge < -0.3 is 5.32 Å². The molecular formula is C18H30N2O. The van der Waals surface area contributed by atoms with Crippen LogP contribution in [0.3, 0.4) is 0 Å². The van der Waals surface area contributed by atoms with Crippen LogP contribution >= 0.6 is 0 Å². The van der Waals surface area contributed by atoms with Crippen molar-refractivity contribution in [2.75, 3.05) is 0 Å². The van der Waals surface area contributed by atoms with Crippen molar-refractivity contribution < 1.29 is 4.79 Å². The van der Waals surface area contributed by atoms with Crippen molar-refractivity contribution in [3.8, 4) is 0 Å². The Morgan fingerprint density at radius 3 is 2.14 bits per heavy atom. The van der Waals surface area contributed by atoms with Crippen LogP contribution in [-0.2, 0) is 4.79 Å².